The van der Waals surface area contributed by atoms with Gasteiger partial charge in [0.1, 0.15) is 9.84 Å². The first-order chi connectivity index (χ1) is 4.91. The Morgan fingerprint density at radius 1 is 1.09 bits per heavy atom. The number of sulfone groups is 1. The number of rotatable bonds is 1. The second-order valence-electron chi connectivity index (χ2n) is 3.88. The summed E-state index contributed by atoms with van der Waals surface area (Å²) in [5, 5.41) is -0.0625. The van der Waals surface area contributed by atoms with Crippen LogP contribution in [0.5, 0.6) is 0 Å². The fourth-order valence-corrected chi connectivity index (χ4v) is 3.05. The first-order valence-corrected chi connectivity index (χ1v) is 6.05. The predicted molar refractivity (Wildman–Crippen MR) is 46.2 cm³/mol. The van der Waals surface area contributed by atoms with Crippen LogP contribution in [-0.2, 0) is 9.84 Å². The van der Waals surface area contributed by atoms with Gasteiger partial charge in [0.25, 0.3) is 0 Å². The van der Waals surface area contributed by atoms with E-state index in [0.717, 1.165) is 12.8 Å². The topological polar surface area (TPSA) is 34.1 Å². The van der Waals surface area contributed by atoms with E-state index in [1.54, 1.807) is 0 Å². The van der Waals surface area contributed by atoms with Crippen LogP contribution in [0.25, 0.3) is 0 Å². The molecule has 66 valence electrons. The minimum absolute atomic E-state index is 0.0625. The van der Waals surface area contributed by atoms with Crippen LogP contribution in [0.1, 0.15) is 26.7 Å². The second-order valence-corrected chi connectivity index (χ2v) is 6.20. The summed E-state index contributed by atoms with van der Waals surface area (Å²) in [5.74, 6) is 1.16. The third-order valence-electron chi connectivity index (χ3n) is 2.85. The maximum Gasteiger partial charge on any atom is 0.150 e. The SMILES string of the molecule is CC1CC(S(C)(=O)=O)CC1C. The molecule has 1 rings (SSSR count). The average Bonchev–Trinajstić information content (AvgIpc) is 2.11. The molecule has 0 amide bonds. The summed E-state index contributed by atoms with van der Waals surface area (Å²) in [4.78, 5) is 0. The quantitative estimate of drug-likeness (QED) is 0.606. The van der Waals surface area contributed by atoms with Crippen molar-refractivity contribution in [1.82, 2.24) is 0 Å². The molecule has 0 N–H and O–H groups in total. The van der Waals surface area contributed by atoms with E-state index in [1.165, 1.54) is 6.26 Å². The molecule has 0 heterocycles. The Kier molecular flexibility index (Phi) is 2.28. The second kappa shape index (κ2) is 2.77. The normalized spacial score (nSPS) is 39.4. The van der Waals surface area contributed by atoms with Crippen LogP contribution in [0.4, 0.5) is 0 Å². The zero-order valence-electron chi connectivity index (χ0n) is 7.37. The first kappa shape index (κ1) is 9.04. The van der Waals surface area contributed by atoms with Crippen LogP contribution >= 0.6 is 0 Å². The summed E-state index contributed by atoms with van der Waals surface area (Å²) in [6, 6.07) is 0. The summed E-state index contributed by atoms with van der Waals surface area (Å²) in [5.41, 5.74) is 0. The van der Waals surface area contributed by atoms with E-state index in [4.69, 9.17) is 0 Å². The van der Waals surface area contributed by atoms with Crippen LogP contribution in [0.15, 0.2) is 0 Å². The van der Waals surface area contributed by atoms with E-state index in [-0.39, 0.29) is 5.25 Å². The predicted octanol–water partition coefficient (Wildman–Crippen LogP) is 1.47. The lowest BCUT2D eigenvalue weighted by Crippen LogP contribution is -2.15. The van der Waals surface area contributed by atoms with Crippen molar-refractivity contribution in [2.45, 2.75) is 31.9 Å². The zero-order chi connectivity index (χ0) is 8.65. The Balaban J connectivity index is 2.69. The van der Waals surface area contributed by atoms with E-state index < -0.39 is 9.84 Å². The molecule has 2 nitrogen and oxygen atoms in total. The summed E-state index contributed by atoms with van der Waals surface area (Å²) in [6.07, 6.45) is 3.07. The van der Waals surface area contributed by atoms with Gasteiger partial charge in [0, 0.05) is 6.26 Å². The standard InChI is InChI=1S/C8H16O2S/c1-6-4-8(5-7(6)2)11(3,9)10/h6-8H,4-5H2,1-3H3. The van der Waals surface area contributed by atoms with Gasteiger partial charge < -0.3 is 0 Å². The molecule has 1 aliphatic carbocycles. The van der Waals surface area contributed by atoms with E-state index in [1.807, 2.05) is 0 Å². The monoisotopic (exact) mass is 176 g/mol. The lowest BCUT2D eigenvalue weighted by Gasteiger charge is -2.04. The molecule has 1 fully saturated rings. The minimum atomic E-state index is -2.77. The summed E-state index contributed by atoms with van der Waals surface area (Å²) < 4.78 is 22.2. The number of hydrogen-bond donors (Lipinski definition) is 0. The van der Waals surface area contributed by atoms with Crippen molar-refractivity contribution in [3.63, 3.8) is 0 Å². The Hall–Kier alpha value is -0.0500. The third kappa shape index (κ3) is 1.95. The van der Waals surface area contributed by atoms with Crippen LogP contribution in [-0.4, -0.2) is 19.9 Å². The van der Waals surface area contributed by atoms with Gasteiger partial charge in [-0.15, -0.1) is 0 Å². The van der Waals surface area contributed by atoms with Crippen molar-refractivity contribution in [2.75, 3.05) is 6.26 Å². The molecular formula is C8H16O2S. The molecular weight excluding hydrogens is 160 g/mol. The largest absolute Gasteiger partial charge is 0.229 e. The molecule has 11 heavy (non-hydrogen) atoms. The molecule has 2 unspecified atom stereocenters. The highest BCUT2D eigenvalue weighted by molar-refractivity contribution is 7.91. The van der Waals surface area contributed by atoms with Gasteiger partial charge in [0.15, 0.2) is 0 Å². The first-order valence-electron chi connectivity index (χ1n) is 4.10. The summed E-state index contributed by atoms with van der Waals surface area (Å²) >= 11 is 0. The average molecular weight is 176 g/mol. The summed E-state index contributed by atoms with van der Waals surface area (Å²) in [6.45, 7) is 4.27. The molecule has 2 atom stereocenters. The van der Waals surface area contributed by atoms with Crippen molar-refractivity contribution >= 4 is 9.84 Å². The van der Waals surface area contributed by atoms with Crippen LogP contribution in [0, 0.1) is 11.8 Å². The van der Waals surface area contributed by atoms with Crippen molar-refractivity contribution in [3.05, 3.63) is 0 Å². The van der Waals surface area contributed by atoms with Crippen molar-refractivity contribution < 1.29 is 8.42 Å². The Labute approximate surface area is 68.9 Å². The Morgan fingerprint density at radius 3 is 1.64 bits per heavy atom. The zero-order valence-corrected chi connectivity index (χ0v) is 8.19. The minimum Gasteiger partial charge on any atom is -0.229 e. The van der Waals surface area contributed by atoms with Gasteiger partial charge in [0.05, 0.1) is 5.25 Å². The number of hydrogen-bond acceptors (Lipinski definition) is 2. The molecule has 0 saturated heterocycles. The summed E-state index contributed by atoms with van der Waals surface area (Å²) in [7, 11) is -2.77. The molecule has 0 radical (unpaired) electrons. The van der Waals surface area contributed by atoms with Gasteiger partial charge in [-0.25, -0.2) is 8.42 Å². The van der Waals surface area contributed by atoms with E-state index in [0.29, 0.717) is 11.8 Å². The molecule has 3 heteroatoms. The van der Waals surface area contributed by atoms with Gasteiger partial charge in [0.2, 0.25) is 0 Å². The van der Waals surface area contributed by atoms with Gasteiger partial charge in [-0.3, -0.25) is 0 Å². The smallest absolute Gasteiger partial charge is 0.150 e. The van der Waals surface area contributed by atoms with Crippen LogP contribution < -0.4 is 0 Å². The molecule has 0 bridgehead atoms. The highest BCUT2D eigenvalue weighted by Crippen LogP contribution is 2.34. The maximum absolute atomic E-state index is 11.1. The van der Waals surface area contributed by atoms with Gasteiger partial charge in [-0.05, 0) is 24.7 Å². The maximum atomic E-state index is 11.1. The van der Waals surface area contributed by atoms with Crippen molar-refractivity contribution in [2.24, 2.45) is 11.8 Å². The van der Waals surface area contributed by atoms with Gasteiger partial charge >= 0.3 is 0 Å². The molecule has 0 aliphatic heterocycles. The fourth-order valence-electron chi connectivity index (χ4n) is 1.74. The van der Waals surface area contributed by atoms with Crippen molar-refractivity contribution in [3.8, 4) is 0 Å². The van der Waals surface area contributed by atoms with Gasteiger partial charge in [-0.2, -0.15) is 0 Å². The van der Waals surface area contributed by atoms with E-state index in [2.05, 4.69) is 13.8 Å². The highest BCUT2D eigenvalue weighted by atomic mass is 32.2. The lowest BCUT2D eigenvalue weighted by atomic mass is 10.0. The van der Waals surface area contributed by atoms with E-state index in [9.17, 15) is 8.42 Å². The van der Waals surface area contributed by atoms with Crippen LogP contribution in [0.3, 0.4) is 0 Å². The Morgan fingerprint density at radius 2 is 1.45 bits per heavy atom. The highest BCUT2D eigenvalue weighted by Gasteiger charge is 2.33. The van der Waals surface area contributed by atoms with Crippen molar-refractivity contribution in [1.29, 1.82) is 0 Å². The molecule has 0 aromatic heterocycles. The van der Waals surface area contributed by atoms with E-state index >= 15 is 0 Å². The molecule has 1 saturated carbocycles. The molecule has 0 aromatic carbocycles. The van der Waals surface area contributed by atoms with Gasteiger partial charge in [-0.1, -0.05) is 13.8 Å². The molecule has 0 spiro atoms. The molecule has 1 aliphatic rings. The fraction of sp³-hybridized carbons (Fsp3) is 1.00. The lowest BCUT2D eigenvalue weighted by molar-refractivity contribution is 0.457. The Bertz CT molecular complexity index is 220. The third-order valence-corrected chi connectivity index (χ3v) is 4.44. The molecule has 0 aromatic rings. The van der Waals surface area contributed by atoms with Crippen LogP contribution in [0.2, 0.25) is 0 Å².